The average Bonchev–Trinajstić information content (AvgIpc) is 2.95. The molecule has 0 radical (unpaired) electrons. The van der Waals surface area contributed by atoms with Crippen molar-refractivity contribution in [3.63, 3.8) is 0 Å². The third-order valence-corrected chi connectivity index (χ3v) is 4.43. The van der Waals surface area contributed by atoms with Crippen LogP contribution in [0.5, 0.6) is 0 Å². The van der Waals surface area contributed by atoms with Gasteiger partial charge < -0.3 is 9.64 Å². The van der Waals surface area contributed by atoms with Crippen molar-refractivity contribution in [3.8, 4) is 6.07 Å². The molecule has 0 bridgehead atoms. The highest BCUT2D eigenvalue weighted by molar-refractivity contribution is 5.80. The van der Waals surface area contributed by atoms with E-state index in [9.17, 15) is 5.26 Å². The van der Waals surface area contributed by atoms with Gasteiger partial charge in [-0.2, -0.15) is 5.26 Å². The number of benzene rings is 1. The molecule has 1 spiro atoms. The molecule has 0 unspecified atom stereocenters. The third-order valence-electron chi connectivity index (χ3n) is 4.43. The first kappa shape index (κ1) is 12.5. The molecule has 0 amide bonds. The molecule has 0 atom stereocenters. The maximum Gasteiger partial charge on any atom is 0.183 e. The monoisotopic (exact) mass is 280 g/mol. The number of aryl methyl sites for hydroxylation is 1. The van der Waals surface area contributed by atoms with Gasteiger partial charge in [-0.3, -0.25) is 0 Å². The van der Waals surface area contributed by atoms with E-state index < -0.39 is 0 Å². The van der Waals surface area contributed by atoms with Gasteiger partial charge in [-0.1, -0.05) is 12.1 Å². The highest BCUT2D eigenvalue weighted by Crippen LogP contribution is 2.38. The molecule has 2 aliphatic rings. The summed E-state index contributed by atoms with van der Waals surface area (Å²) in [4.78, 5) is 11.3. The van der Waals surface area contributed by atoms with Crippen molar-refractivity contribution in [3.05, 3.63) is 29.5 Å². The van der Waals surface area contributed by atoms with E-state index in [2.05, 4.69) is 16.0 Å². The summed E-state index contributed by atoms with van der Waals surface area (Å²) >= 11 is 0. The number of hydrogen-bond donors (Lipinski definition) is 0. The van der Waals surface area contributed by atoms with Crippen LogP contribution in [0.3, 0.4) is 0 Å². The molecule has 0 aliphatic carbocycles. The zero-order valence-electron chi connectivity index (χ0n) is 12.0. The predicted octanol–water partition coefficient (Wildman–Crippen LogP) is 2.18. The molecule has 3 heterocycles. The first-order chi connectivity index (χ1) is 10.2. The normalized spacial score (nSPS) is 19.7. The molecule has 2 aromatic rings. The van der Waals surface area contributed by atoms with E-state index in [1.54, 1.807) is 0 Å². The van der Waals surface area contributed by atoms with Crippen LogP contribution in [0, 0.1) is 18.3 Å². The van der Waals surface area contributed by atoms with E-state index in [-0.39, 0.29) is 5.60 Å². The summed E-state index contributed by atoms with van der Waals surface area (Å²) in [6.45, 7) is 4.49. The van der Waals surface area contributed by atoms with E-state index >= 15 is 0 Å². The van der Waals surface area contributed by atoms with Gasteiger partial charge in [-0.05, 0) is 31.4 Å². The largest absolute Gasteiger partial charge is 0.371 e. The zero-order chi connectivity index (χ0) is 14.4. The molecular weight excluding hydrogens is 264 g/mol. The lowest BCUT2D eigenvalue weighted by Gasteiger charge is -2.47. The topological polar surface area (TPSA) is 62.0 Å². The maximum atomic E-state index is 9.36. The van der Waals surface area contributed by atoms with Crippen LogP contribution < -0.4 is 4.90 Å². The van der Waals surface area contributed by atoms with E-state index in [4.69, 9.17) is 9.72 Å². The SMILES string of the molecule is Cc1cccc2nc(C#N)c(N3CC4(CCCO4)C3)nc12. The smallest absolute Gasteiger partial charge is 0.183 e. The second-order valence-corrected chi connectivity index (χ2v) is 5.94. The fourth-order valence-electron chi connectivity index (χ4n) is 3.31. The molecule has 4 rings (SSSR count). The van der Waals surface area contributed by atoms with Crippen LogP contribution in [0.25, 0.3) is 11.0 Å². The fourth-order valence-corrected chi connectivity index (χ4v) is 3.31. The molecule has 106 valence electrons. The van der Waals surface area contributed by atoms with Gasteiger partial charge in [0.25, 0.3) is 0 Å². The van der Waals surface area contributed by atoms with E-state index in [1.807, 2.05) is 25.1 Å². The molecule has 0 N–H and O–H groups in total. The Morgan fingerprint density at radius 1 is 1.33 bits per heavy atom. The highest BCUT2D eigenvalue weighted by atomic mass is 16.5. The van der Waals surface area contributed by atoms with Crippen LogP contribution in [0.2, 0.25) is 0 Å². The van der Waals surface area contributed by atoms with E-state index in [0.717, 1.165) is 49.1 Å². The third kappa shape index (κ3) is 1.87. The second-order valence-electron chi connectivity index (χ2n) is 5.94. The van der Waals surface area contributed by atoms with Crippen molar-refractivity contribution >= 4 is 16.9 Å². The average molecular weight is 280 g/mol. The van der Waals surface area contributed by atoms with E-state index in [1.165, 1.54) is 0 Å². The van der Waals surface area contributed by atoms with Crippen molar-refractivity contribution in [2.24, 2.45) is 0 Å². The summed E-state index contributed by atoms with van der Waals surface area (Å²) in [5, 5.41) is 9.36. The Kier molecular flexibility index (Phi) is 2.63. The van der Waals surface area contributed by atoms with Gasteiger partial charge >= 0.3 is 0 Å². The Hall–Kier alpha value is -2.19. The molecular formula is C16H16N4O. The first-order valence-electron chi connectivity index (χ1n) is 7.27. The number of anilines is 1. The molecule has 2 fully saturated rings. The van der Waals surface area contributed by atoms with Crippen LogP contribution in [0.15, 0.2) is 18.2 Å². The number of hydrogen-bond acceptors (Lipinski definition) is 5. The molecule has 21 heavy (non-hydrogen) atoms. The molecule has 5 nitrogen and oxygen atoms in total. The molecule has 2 saturated heterocycles. The number of aromatic nitrogens is 2. The van der Waals surface area contributed by atoms with Gasteiger partial charge in [-0.25, -0.2) is 9.97 Å². The minimum Gasteiger partial charge on any atom is -0.371 e. The van der Waals surface area contributed by atoms with Crippen molar-refractivity contribution < 1.29 is 4.74 Å². The lowest BCUT2D eigenvalue weighted by molar-refractivity contribution is -0.0184. The molecule has 5 heteroatoms. The van der Waals surface area contributed by atoms with Gasteiger partial charge in [0, 0.05) is 6.61 Å². The van der Waals surface area contributed by atoms with Crippen molar-refractivity contribution in [1.82, 2.24) is 9.97 Å². The van der Waals surface area contributed by atoms with Crippen LogP contribution in [0.1, 0.15) is 24.1 Å². The van der Waals surface area contributed by atoms with Gasteiger partial charge in [0.2, 0.25) is 0 Å². The molecule has 1 aromatic carbocycles. The Morgan fingerprint density at radius 2 is 2.19 bits per heavy atom. The second kappa shape index (κ2) is 4.40. The molecule has 2 aliphatic heterocycles. The van der Waals surface area contributed by atoms with Crippen LogP contribution in [-0.4, -0.2) is 35.3 Å². The summed E-state index contributed by atoms with van der Waals surface area (Å²) in [7, 11) is 0. The summed E-state index contributed by atoms with van der Waals surface area (Å²) in [5.74, 6) is 0.695. The Labute approximate surface area is 123 Å². The minimum absolute atomic E-state index is 0.00487. The van der Waals surface area contributed by atoms with Gasteiger partial charge in [0.15, 0.2) is 11.5 Å². The van der Waals surface area contributed by atoms with Crippen molar-refractivity contribution in [1.29, 1.82) is 5.26 Å². The summed E-state index contributed by atoms with van der Waals surface area (Å²) in [6, 6.07) is 8.04. The zero-order valence-corrected chi connectivity index (χ0v) is 12.0. The summed E-state index contributed by atoms with van der Waals surface area (Å²) in [5.41, 5.74) is 3.14. The number of nitrogens with zero attached hydrogens (tertiary/aromatic N) is 4. The number of ether oxygens (including phenoxy) is 1. The van der Waals surface area contributed by atoms with Crippen molar-refractivity contribution in [2.75, 3.05) is 24.6 Å². The standard InChI is InChI=1S/C16H16N4O/c1-11-4-2-5-12-14(11)19-15(13(8-17)18-12)20-9-16(10-20)6-3-7-21-16/h2,4-5H,3,6-7,9-10H2,1H3. The lowest BCUT2D eigenvalue weighted by atomic mass is 9.91. The Balaban J connectivity index is 1.75. The summed E-state index contributed by atoms with van der Waals surface area (Å²) in [6.07, 6.45) is 2.23. The number of rotatable bonds is 1. The quantitative estimate of drug-likeness (QED) is 0.801. The van der Waals surface area contributed by atoms with Crippen LogP contribution in [-0.2, 0) is 4.74 Å². The van der Waals surface area contributed by atoms with Crippen LogP contribution in [0.4, 0.5) is 5.82 Å². The van der Waals surface area contributed by atoms with Gasteiger partial charge in [0.05, 0.1) is 24.1 Å². The van der Waals surface area contributed by atoms with Gasteiger partial charge in [-0.15, -0.1) is 0 Å². The van der Waals surface area contributed by atoms with Gasteiger partial charge in [0.1, 0.15) is 11.7 Å². The number of para-hydroxylation sites is 1. The fraction of sp³-hybridized carbons (Fsp3) is 0.438. The Morgan fingerprint density at radius 3 is 2.90 bits per heavy atom. The maximum absolute atomic E-state index is 9.36. The summed E-state index contributed by atoms with van der Waals surface area (Å²) < 4.78 is 5.84. The highest BCUT2D eigenvalue weighted by Gasteiger charge is 2.47. The molecule has 1 aromatic heterocycles. The Bertz CT molecular complexity index is 751. The minimum atomic E-state index is -0.00487. The van der Waals surface area contributed by atoms with Crippen LogP contribution >= 0.6 is 0 Å². The number of fused-ring (bicyclic) bond motifs is 1. The van der Waals surface area contributed by atoms with E-state index in [0.29, 0.717) is 11.5 Å². The predicted molar refractivity (Wildman–Crippen MR) is 79.1 cm³/mol. The lowest BCUT2D eigenvalue weighted by Crippen LogP contribution is -2.62. The number of nitriles is 1. The molecule has 0 saturated carbocycles. The van der Waals surface area contributed by atoms with Crippen molar-refractivity contribution in [2.45, 2.75) is 25.4 Å². The first-order valence-corrected chi connectivity index (χ1v) is 7.27.